The van der Waals surface area contributed by atoms with Crippen LogP contribution in [-0.4, -0.2) is 47.3 Å². The number of ether oxygens (including phenoxy) is 1. The maximum atomic E-state index is 12.5. The Kier molecular flexibility index (Phi) is 5.12. The van der Waals surface area contributed by atoms with Gasteiger partial charge in [0, 0.05) is 38.6 Å². The third-order valence-electron chi connectivity index (χ3n) is 5.07. The number of aromatic nitrogens is 2. The van der Waals surface area contributed by atoms with Gasteiger partial charge in [-0.3, -0.25) is 4.79 Å². The highest BCUT2D eigenvalue weighted by atomic mass is 32.1. The highest BCUT2D eigenvalue weighted by Gasteiger charge is 2.27. The summed E-state index contributed by atoms with van der Waals surface area (Å²) in [5.74, 6) is 2.42. The Morgan fingerprint density at radius 2 is 2.20 bits per heavy atom. The fourth-order valence-corrected chi connectivity index (χ4v) is 4.38. The minimum Gasteiger partial charge on any atom is -0.381 e. The van der Waals surface area contributed by atoms with Gasteiger partial charge in [-0.2, -0.15) is 4.98 Å². The van der Waals surface area contributed by atoms with Gasteiger partial charge in [-0.1, -0.05) is 11.2 Å². The minimum atomic E-state index is 0.146. The zero-order valence-corrected chi connectivity index (χ0v) is 15.0. The molecule has 2 aliphatic rings. The molecule has 1 atom stereocenters. The van der Waals surface area contributed by atoms with Crippen LogP contribution >= 0.6 is 11.3 Å². The summed E-state index contributed by atoms with van der Waals surface area (Å²) in [5.41, 5.74) is 0. The SMILES string of the molecule is O=C(c1cccs1)N1CCCC(Cc2nc(C3CCOCC3)no2)C1. The maximum absolute atomic E-state index is 12.5. The molecule has 2 aromatic rings. The molecule has 2 aliphatic heterocycles. The molecule has 4 heterocycles. The number of thiophene rings is 1. The van der Waals surface area contributed by atoms with E-state index in [4.69, 9.17) is 9.26 Å². The van der Waals surface area contributed by atoms with E-state index < -0.39 is 0 Å². The average molecular weight is 361 g/mol. The van der Waals surface area contributed by atoms with Crippen LogP contribution in [0, 0.1) is 5.92 Å². The van der Waals surface area contributed by atoms with Crippen LogP contribution in [0.2, 0.25) is 0 Å². The third kappa shape index (κ3) is 3.93. The second-order valence-corrected chi connectivity index (χ2v) is 7.82. The first-order chi connectivity index (χ1) is 12.3. The molecule has 1 amide bonds. The number of likely N-dealkylation sites (tertiary alicyclic amines) is 1. The monoisotopic (exact) mass is 361 g/mol. The maximum Gasteiger partial charge on any atom is 0.263 e. The normalized spacial score (nSPS) is 22.2. The van der Waals surface area contributed by atoms with Crippen molar-refractivity contribution in [2.75, 3.05) is 26.3 Å². The largest absolute Gasteiger partial charge is 0.381 e. The molecule has 0 saturated carbocycles. The molecule has 0 aliphatic carbocycles. The number of hydrogen-bond donors (Lipinski definition) is 0. The first-order valence-electron chi connectivity index (χ1n) is 9.02. The first kappa shape index (κ1) is 16.7. The molecule has 2 aromatic heterocycles. The van der Waals surface area contributed by atoms with E-state index in [1.165, 1.54) is 11.3 Å². The number of amides is 1. The van der Waals surface area contributed by atoms with Gasteiger partial charge in [0.1, 0.15) is 0 Å². The van der Waals surface area contributed by atoms with E-state index in [9.17, 15) is 4.79 Å². The van der Waals surface area contributed by atoms with Gasteiger partial charge in [0.25, 0.3) is 5.91 Å². The first-order valence-corrected chi connectivity index (χ1v) is 9.90. The van der Waals surface area contributed by atoms with Gasteiger partial charge in [-0.05, 0) is 43.0 Å². The fourth-order valence-electron chi connectivity index (χ4n) is 3.69. The number of hydrogen-bond acceptors (Lipinski definition) is 6. The van der Waals surface area contributed by atoms with Crippen molar-refractivity contribution in [3.8, 4) is 0 Å². The van der Waals surface area contributed by atoms with Crippen molar-refractivity contribution in [1.82, 2.24) is 15.0 Å². The second kappa shape index (κ2) is 7.66. The van der Waals surface area contributed by atoms with E-state index in [0.29, 0.717) is 17.7 Å². The summed E-state index contributed by atoms with van der Waals surface area (Å²) in [6.45, 7) is 3.16. The predicted molar refractivity (Wildman–Crippen MR) is 93.7 cm³/mol. The molecule has 0 bridgehead atoms. The van der Waals surface area contributed by atoms with Crippen molar-refractivity contribution in [3.63, 3.8) is 0 Å². The van der Waals surface area contributed by atoms with E-state index in [1.54, 1.807) is 0 Å². The zero-order chi connectivity index (χ0) is 17.1. The quantitative estimate of drug-likeness (QED) is 0.837. The van der Waals surface area contributed by atoms with Gasteiger partial charge in [0.15, 0.2) is 5.82 Å². The van der Waals surface area contributed by atoms with Gasteiger partial charge in [0.05, 0.1) is 4.88 Å². The predicted octanol–water partition coefficient (Wildman–Crippen LogP) is 3.12. The molecule has 25 heavy (non-hydrogen) atoms. The second-order valence-electron chi connectivity index (χ2n) is 6.87. The van der Waals surface area contributed by atoms with E-state index in [-0.39, 0.29) is 5.91 Å². The standard InChI is InChI=1S/C18H23N3O3S/c22-18(15-4-2-10-25-15)21-7-1-3-13(12-21)11-16-19-17(20-24-16)14-5-8-23-9-6-14/h2,4,10,13-14H,1,3,5-9,11-12H2. The summed E-state index contributed by atoms with van der Waals surface area (Å²) < 4.78 is 10.9. The Hall–Kier alpha value is -1.73. The van der Waals surface area contributed by atoms with E-state index in [1.807, 2.05) is 22.4 Å². The van der Waals surface area contributed by atoms with Crippen LogP contribution in [0.4, 0.5) is 0 Å². The number of carbonyl (C=O) groups excluding carboxylic acids is 1. The smallest absolute Gasteiger partial charge is 0.263 e. The fraction of sp³-hybridized carbons (Fsp3) is 0.611. The Morgan fingerprint density at radius 3 is 3.00 bits per heavy atom. The summed E-state index contributed by atoms with van der Waals surface area (Å²) in [6, 6.07) is 3.82. The van der Waals surface area contributed by atoms with Crippen LogP contribution in [-0.2, 0) is 11.2 Å². The Bertz CT molecular complexity index is 694. The molecule has 1 unspecified atom stereocenters. The number of carbonyl (C=O) groups is 1. The van der Waals surface area contributed by atoms with Crippen molar-refractivity contribution in [1.29, 1.82) is 0 Å². The van der Waals surface area contributed by atoms with Crippen LogP contribution in [0.1, 0.15) is 53.0 Å². The third-order valence-corrected chi connectivity index (χ3v) is 5.93. The van der Waals surface area contributed by atoms with Gasteiger partial charge in [-0.15, -0.1) is 11.3 Å². The Balaban J connectivity index is 1.36. The number of rotatable bonds is 4. The van der Waals surface area contributed by atoms with Crippen molar-refractivity contribution in [2.24, 2.45) is 5.92 Å². The van der Waals surface area contributed by atoms with Crippen molar-refractivity contribution < 1.29 is 14.1 Å². The van der Waals surface area contributed by atoms with Gasteiger partial charge in [0.2, 0.25) is 5.89 Å². The van der Waals surface area contributed by atoms with Crippen LogP contribution in [0.5, 0.6) is 0 Å². The summed E-state index contributed by atoms with van der Waals surface area (Å²) in [6.07, 6.45) is 4.81. The lowest BCUT2D eigenvalue weighted by molar-refractivity contribution is 0.0673. The molecule has 0 radical (unpaired) electrons. The topological polar surface area (TPSA) is 68.5 Å². The molecule has 134 valence electrons. The molecule has 0 N–H and O–H groups in total. The summed E-state index contributed by atoms with van der Waals surface area (Å²) in [7, 11) is 0. The molecule has 6 nitrogen and oxygen atoms in total. The van der Waals surface area contributed by atoms with Gasteiger partial charge in [-0.25, -0.2) is 0 Å². The lowest BCUT2D eigenvalue weighted by Crippen LogP contribution is -2.40. The molecule has 2 fully saturated rings. The molecule has 4 rings (SSSR count). The highest BCUT2D eigenvalue weighted by Crippen LogP contribution is 2.26. The van der Waals surface area contributed by atoms with Crippen molar-refractivity contribution >= 4 is 17.2 Å². The van der Waals surface area contributed by atoms with Gasteiger partial charge >= 0.3 is 0 Å². The zero-order valence-electron chi connectivity index (χ0n) is 14.2. The average Bonchev–Trinajstić information content (AvgIpc) is 3.34. The lowest BCUT2D eigenvalue weighted by atomic mass is 9.94. The molecule has 0 spiro atoms. The minimum absolute atomic E-state index is 0.146. The van der Waals surface area contributed by atoms with Crippen LogP contribution in [0.15, 0.2) is 22.0 Å². The van der Waals surface area contributed by atoms with Gasteiger partial charge < -0.3 is 14.2 Å². The number of nitrogens with zero attached hydrogens (tertiary/aromatic N) is 3. The summed E-state index contributed by atoms with van der Waals surface area (Å²) >= 11 is 1.51. The van der Waals surface area contributed by atoms with E-state index in [2.05, 4.69) is 10.1 Å². The molecule has 2 saturated heterocycles. The lowest BCUT2D eigenvalue weighted by Gasteiger charge is -2.31. The van der Waals surface area contributed by atoms with E-state index >= 15 is 0 Å². The molecular weight excluding hydrogens is 338 g/mol. The molecule has 0 aromatic carbocycles. The van der Waals surface area contributed by atoms with Crippen molar-refractivity contribution in [2.45, 2.75) is 38.0 Å². The number of piperidine rings is 1. The Labute approximate surface area is 151 Å². The highest BCUT2D eigenvalue weighted by molar-refractivity contribution is 7.12. The van der Waals surface area contributed by atoms with Crippen molar-refractivity contribution in [3.05, 3.63) is 34.1 Å². The summed E-state index contributed by atoms with van der Waals surface area (Å²) in [4.78, 5) is 19.9. The van der Waals surface area contributed by atoms with E-state index in [0.717, 1.165) is 69.1 Å². The molecular formula is C18H23N3O3S. The van der Waals surface area contributed by atoms with Crippen LogP contribution in [0.3, 0.4) is 0 Å². The summed E-state index contributed by atoms with van der Waals surface area (Å²) in [5, 5.41) is 6.13. The molecule has 7 heteroatoms. The van der Waals surface area contributed by atoms with Crippen LogP contribution in [0.25, 0.3) is 0 Å². The van der Waals surface area contributed by atoms with Crippen LogP contribution < -0.4 is 0 Å². The Morgan fingerprint density at radius 1 is 1.32 bits per heavy atom.